The van der Waals surface area contributed by atoms with E-state index in [1.54, 1.807) is 0 Å². The molecule has 1 unspecified atom stereocenters. The molecule has 3 N–H and O–H groups in total. The van der Waals surface area contributed by atoms with Crippen molar-refractivity contribution in [3.05, 3.63) is 24.0 Å². The Labute approximate surface area is 112 Å². The first-order valence-electron chi connectivity index (χ1n) is 6.41. The van der Waals surface area contributed by atoms with E-state index in [1.165, 1.54) is 0 Å². The van der Waals surface area contributed by atoms with Crippen LogP contribution in [0, 0.1) is 0 Å². The van der Waals surface area contributed by atoms with Crippen molar-refractivity contribution >= 4 is 11.8 Å². The van der Waals surface area contributed by atoms with Crippen LogP contribution in [0.1, 0.15) is 31.6 Å². The number of hydrogen-bond donors (Lipinski definition) is 3. The molecule has 0 fully saturated rings. The minimum absolute atomic E-state index is 0.255. The lowest BCUT2D eigenvalue weighted by Gasteiger charge is -2.12. The summed E-state index contributed by atoms with van der Waals surface area (Å²) in [5, 5.41) is 14.9. The number of carbonyl (C=O) groups excluding carboxylic acids is 2. The minimum Gasteiger partial charge on any atom is -0.387 e. The highest BCUT2D eigenvalue weighted by Crippen LogP contribution is 2.15. The summed E-state index contributed by atoms with van der Waals surface area (Å²) in [5.74, 6) is -1.29. The fourth-order valence-electron chi connectivity index (χ4n) is 1.69. The second-order valence-corrected chi connectivity index (χ2v) is 4.36. The zero-order valence-electron chi connectivity index (χ0n) is 11.3. The maximum Gasteiger partial charge on any atom is 0.309 e. The van der Waals surface area contributed by atoms with Crippen molar-refractivity contribution in [2.24, 2.45) is 7.05 Å². The average molecular weight is 267 g/mol. The van der Waals surface area contributed by atoms with Crippen LogP contribution < -0.4 is 10.6 Å². The van der Waals surface area contributed by atoms with E-state index in [-0.39, 0.29) is 6.54 Å². The Kier molecular flexibility index (Phi) is 6.08. The first kappa shape index (κ1) is 15.2. The zero-order chi connectivity index (χ0) is 14.3. The molecule has 106 valence electrons. The minimum atomic E-state index is -0.660. The summed E-state index contributed by atoms with van der Waals surface area (Å²) in [7, 11) is 1.84. The molecule has 19 heavy (non-hydrogen) atoms. The van der Waals surface area contributed by atoms with Gasteiger partial charge in [-0.05, 0) is 25.0 Å². The number of carbonyl (C=O) groups is 2. The van der Waals surface area contributed by atoms with Crippen molar-refractivity contribution in [3.8, 4) is 0 Å². The van der Waals surface area contributed by atoms with Crippen LogP contribution in [0.3, 0.4) is 0 Å². The maximum atomic E-state index is 11.4. The van der Waals surface area contributed by atoms with Crippen LogP contribution >= 0.6 is 0 Å². The van der Waals surface area contributed by atoms with Gasteiger partial charge in [-0.15, -0.1) is 0 Å². The highest BCUT2D eigenvalue weighted by Gasteiger charge is 2.14. The molecule has 2 amide bonds. The van der Waals surface area contributed by atoms with Gasteiger partial charge in [0.1, 0.15) is 0 Å². The predicted octanol–water partition coefficient (Wildman–Crippen LogP) is 0.0910. The summed E-state index contributed by atoms with van der Waals surface area (Å²) < 4.78 is 1.82. The van der Waals surface area contributed by atoms with Gasteiger partial charge in [0, 0.05) is 32.0 Å². The molecule has 0 aliphatic carbocycles. The Hall–Kier alpha value is -1.82. The first-order valence-corrected chi connectivity index (χ1v) is 6.41. The summed E-state index contributed by atoms with van der Waals surface area (Å²) in [4.78, 5) is 22.6. The van der Waals surface area contributed by atoms with Crippen molar-refractivity contribution in [2.75, 3.05) is 13.1 Å². The Bertz CT molecular complexity index is 429. The molecule has 1 aromatic heterocycles. The van der Waals surface area contributed by atoms with Gasteiger partial charge in [0.25, 0.3) is 0 Å². The van der Waals surface area contributed by atoms with E-state index >= 15 is 0 Å². The standard InChI is InChI=1S/C13H21N3O3/c1-3-7-14-12(18)13(19)15-8-6-11(17)10-5-4-9-16(10)2/h4-5,9,11,17H,3,6-8H2,1-2H3,(H,14,18)(H,15,19). The third kappa shape index (κ3) is 4.75. The number of aromatic nitrogens is 1. The highest BCUT2D eigenvalue weighted by molar-refractivity contribution is 6.35. The molecule has 1 atom stereocenters. The highest BCUT2D eigenvalue weighted by atomic mass is 16.3. The van der Waals surface area contributed by atoms with Gasteiger partial charge in [0.05, 0.1) is 6.10 Å². The molecule has 0 bridgehead atoms. The van der Waals surface area contributed by atoms with Crippen LogP contribution in [-0.4, -0.2) is 34.6 Å². The van der Waals surface area contributed by atoms with E-state index < -0.39 is 17.9 Å². The van der Waals surface area contributed by atoms with Crippen LogP contribution in [0.2, 0.25) is 0 Å². The van der Waals surface area contributed by atoms with Crippen LogP contribution in [-0.2, 0) is 16.6 Å². The second-order valence-electron chi connectivity index (χ2n) is 4.36. The number of nitrogens with one attached hydrogen (secondary N) is 2. The molecule has 0 spiro atoms. The molecule has 6 nitrogen and oxygen atoms in total. The number of aliphatic hydroxyl groups is 1. The zero-order valence-corrected chi connectivity index (χ0v) is 11.3. The largest absolute Gasteiger partial charge is 0.387 e. The van der Waals surface area contributed by atoms with Gasteiger partial charge in [-0.25, -0.2) is 0 Å². The normalized spacial score (nSPS) is 11.9. The van der Waals surface area contributed by atoms with Gasteiger partial charge in [-0.3, -0.25) is 9.59 Å². The molecule has 0 saturated heterocycles. The SMILES string of the molecule is CCCNC(=O)C(=O)NCCC(O)c1cccn1C. The van der Waals surface area contributed by atoms with Gasteiger partial charge >= 0.3 is 11.8 Å². The lowest BCUT2D eigenvalue weighted by Crippen LogP contribution is -2.40. The van der Waals surface area contributed by atoms with Gasteiger partial charge in [0.15, 0.2) is 0 Å². The third-order valence-electron chi connectivity index (χ3n) is 2.77. The summed E-state index contributed by atoms with van der Waals surface area (Å²) in [6.07, 6.45) is 2.34. The molecule has 1 heterocycles. The van der Waals surface area contributed by atoms with E-state index in [4.69, 9.17) is 0 Å². The molecule has 1 rings (SSSR count). The smallest absolute Gasteiger partial charge is 0.309 e. The molecule has 0 aliphatic rings. The van der Waals surface area contributed by atoms with Gasteiger partial charge in [-0.2, -0.15) is 0 Å². The number of aryl methyl sites for hydroxylation is 1. The van der Waals surface area contributed by atoms with E-state index in [2.05, 4.69) is 10.6 Å². The van der Waals surface area contributed by atoms with Gasteiger partial charge < -0.3 is 20.3 Å². The summed E-state index contributed by atoms with van der Waals surface area (Å²) in [6, 6.07) is 3.66. The lowest BCUT2D eigenvalue weighted by molar-refractivity contribution is -0.139. The van der Waals surface area contributed by atoms with Gasteiger partial charge in [-0.1, -0.05) is 6.92 Å². The lowest BCUT2D eigenvalue weighted by atomic mass is 10.2. The Balaban J connectivity index is 2.28. The maximum absolute atomic E-state index is 11.4. The van der Waals surface area contributed by atoms with Crippen molar-refractivity contribution in [1.29, 1.82) is 0 Å². The number of amides is 2. The van der Waals surface area contributed by atoms with Crippen molar-refractivity contribution in [1.82, 2.24) is 15.2 Å². The molecular weight excluding hydrogens is 246 g/mol. The van der Waals surface area contributed by atoms with E-state index in [9.17, 15) is 14.7 Å². The average Bonchev–Trinajstić information content (AvgIpc) is 2.81. The Morgan fingerprint density at radius 3 is 2.47 bits per heavy atom. The van der Waals surface area contributed by atoms with Crippen LogP contribution in [0.5, 0.6) is 0 Å². The number of nitrogens with zero attached hydrogens (tertiary/aromatic N) is 1. The fourth-order valence-corrected chi connectivity index (χ4v) is 1.69. The van der Waals surface area contributed by atoms with Crippen LogP contribution in [0.25, 0.3) is 0 Å². The third-order valence-corrected chi connectivity index (χ3v) is 2.77. The second kappa shape index (κ2) is 7.58. The van der Waals surface area contributed by atoms with E-state index in [0.29, 0.717) is 13.0 Å². The molecule has 1 aromatic rings. The predicted molar refractivity (Wildman–Crippen MR) is 71.3 cm³/mol. The molecule has 0 saturated carbocycles. The Morgan fingerprint density at radius 2 is 1.95 bits per heavy atom. The molecule has 0 aromatic carbocycles. The number of aliphatic hydroxyl groups excluding tert-OH is 1. The number of rotatable bonds is 6. The molecule has 6 heteroatoms. The summed E-state index contributed by atoms with van der Waals surface area (Å²) in [6.45, 7) is 2.65. The van der Waals surface area contributed by atoms with E-state index in [0.717, 1.165) is 12.1 Å². The van der Waals surface area contributed by atoms with Crippen LogP contribution in [0.4, 0.5) is 0 Å². The monoisotopic (exact) mass is 267 g/mol. The number of hydrogen-bond acceptors (Lipinski definition) is 3. The topological polar surface area (TPSA) is 83.4 Å². The molecule has 0 aliphatic heterocycles. The molecular formula is C13H21N3O3. The van der Waals surface area contributed by atoms with Crippen molar-refractivity contribution in [3.63, 3.8) is 0 Å². The first-order chi connectivity index (χ1) is 9.06. The van der Waals surface area contributed by atoms with Crippen molar-refractivity contribution in [2.45, 2.75) is 25.9 Å². The van der Waals surface area contributed by atoms with Crippen LogP contribution in [0.15, 0.2) is 18.3 Å². The van der Waals surface area contributed by atoms with E-state index in [1.807, 2.05) is 36.9 Å². The quantitative estimate of drug-likeness (QED) is 0.639. The van der Waals surface area contributed by atoms with Gasteiger partial charge in [0.2, 0.25) is 0 Å². The Morgan fingerprint density at radius 1 is 1.32 bits per heavy atom. The summed E-state index contributed by atoms with van der Waals surface area (Å²) >= 11 is 0. The summed E-state index contributed by atoms with van der Waals surface area (Å²) in [5.41, 5.74) is 0.782. The molecule has 0 radical (unpaired) electrons. The fraction of sp³-hybridized carbons (Fsp3) is 0.538. The van der Waals surface area contributed by atoms with Crippen molar-refractivity contribution < 1.29 is 14.7 Å².